The Bertz CT molecular complexity index is 506. The molecule has 1 atom stereocenters. The van der Waals surface area contributed by atoms with Gasteiger partial charge in [0, 0.05) is 4.70 Å². The molecule has 1 aromatic heterocycles. The Hall–Kier alpha value is -1.39. The van der Waals surface area contributed by atoms with Crippen molar-refractivity contribution >= 4 is 27.4 Å². The molecule has 0 spiro atoms. The van der Waals surface area contributed by atoms with E-state index >= 15 is 0 Å². The van der Waals surface area contributed by atoms with Gasteiger partial charge in [0.1, 0.15) is 6.04 Å². The van der Waals surface area contributed by atoms with Gasteiger partial charge in [-0.3, -0.25) is 4.79 Å². The van der Waals surface area contributed by atoms with Gasteiger partial charge in [-0.05, 0) is 35.2 Å². The van der Waals surface area contributed by atoms with Gasteiger partial charge in [0.15, 0.2) is 0 Å². The first-order valence-corrected chi connectivity index (χ1v) is 6.00. The molecule has 0 aliphatic heterocycles. The minimum absolute atomic E-state index is 0.482. The zero-order valence-corrected chi connectivity index (χ0v) is 9.54. The monoisotopic (exact) mass is 235 g/mol. The molecule has 0 aliphatic carbocycles. The molecule has 2 rings (SSSR count). The van der Waals surface area contributed by atoms with Gasteiger partial charge in [-0.1, -0.05) is 18.2 Å². The van der Waals surface area contributed by atoms with E-state index in [1.165, 1.54) is 15.6 Å². The van der Waals surface area contributed by atoms with Crippen molar-refractivity contribution in [1.82, 2.24) is 0 Å². The lowest BCUT2D eigenvalue weighted by atomic mass is 10.1. The van der Waals surface area contributed by atoms with Crippen molar-refractivity contribution < 1.29 is 9.90 Å². The summed E-state index contributed by atoms with van der Waals surface area (Å²) in [5.74, 6) is -0.931. The molecule has 1 aromatic carbocycles. The highest BCUT2D eigenvalue weighted by molar-refractivity contribution is 7.17. The summed E-state index contributed by atoms with van der Waals surface area (Å²) >= 11 is 1.69. The fraction of sp³-hybridized carbons (Fsp3) is 0.250. The quantitative estimate of drug-likeness (QED) is 0.854. The molecule has 0 saturated carbocycles. The normalized spacial score (nSPS) is 12.8. The summed E-state index contributed by atoms with van der Waals surface area (Å²) in [5, 5.41) is 12.0. The van der Waals surface area contributed by atoms with E-state index in [0.717, 1.165) is 6.42 Å². The molecular weight excluding hydrogens is 222 g/mol. The van der Waals surface area contributed by atoms with Gasteiger partial charge in [-0.25, -0.2) is 0 Å². The van der Waals surface area contributed by atoms with Crippen molar-refractivity contribution in [2.45, 2.75) is 18.9 Å². The Labute approximate surface area is 97.5 Å². The van der Waals surface area contributed by atoms with Gasteiger partial charge in [0.25, 0.3) is 0 Å². The minimum Gasteiger partial charge on any atom is -0.480 e. The number of benzene rings is 1. The average molecular weight is 235 g/mol. The molecule has 0 saturated heterocycles. The van der Waals surface area contributed by atoms with Gasteiger partial charge in [0.05, 0.1) is 0 Å². The van der Waals surface area contributed by atoms with Gasteiger partial charge >= 0.3 is 5.97 Å². The van der Waals surface area contributed by atoms with Crippen LogP contribution in [-0.2, 0) is 11.2 Å². The van der Waals surface area contributed by atoms with Gasteiger partial charge in [0.2, 0.25) is 0 Å². The van der Waals surface area contributed by atoms with E-state index in [1.54, 1.807) is 11.3 Å². The second kappa shape index (κ2) is 4.63. The molecule has 3 nitrogen and oxygen atoms in total. The Morgan fingerprint density at radius 3 is 2.94 bits per heavy atom. The number of carbonyl (C=O) groups is 1. The number of nitrogens with two attached hydrogens (primary N) is 1. The first-order valence-electron chi connectivity index (χ1n) is 5.12. The highest BCUT2D eigenvalue weighted by Crippen LogP contribution is 2.26. The third-order valence-electron chi connectivity index (χ3n) is 2.60. The largest absolute Gasteiger partial charge is 0.480 e. The summed E-state index contributed by atoms with van der Waals surface area (Å²) < 4.78 is 1.24. The fourth-order valence-electron chi connectivity index (χ4n) is 1.66. The summed E-state index contributed by atoms with van der Waals surface area (Å²) in [4.78, 5) is 10.6. The smallest absolute Gasteiger partial charge is 0.320 e. The first kappa shape index (κ1) is 11.1. The molecule has 4 heteroatoms. The van der Waals surface area contributed by atoms with E-state index in [-0.39, 0.29) is 0 Å². The van der Waals surface area contributed by atoms with E-state index in [0.29, 0.717) is 6.42 Å². The minimum atomic E-state index is -0.931. The third-order valence-corrected chi connectivity index (χ3v) is 3.62. The number of thiophene rings is 1. The van der Waals surface area contributed by atoms with Crippen molar-refractivity contribution in [3.05, 3.63) is 35.2 Å². The first-order chi connectivity index (χ1) is 7.68. The number of carboxylic acids is 1. The molecule has 0 fully saturated rings. The van der Waals surface area contributed by atoms with Crippen LogP contribution in [0.5, 0.6) is 0 Å². The molecule has 0 bridgehead atoms. The van der Waals surface area contributed by atoms with Crippen LogP contribution in [0.15, 0.2) is 29.6 Å². The number of carboxylic acid groups (broad SMARTS) is 1. The van der Waals surface area contributed by atoms with Crippen molar-refractivity contribution in [2.75, 3.05) is 0 Å². The van der Waals surface area contributed by atoms with Crippen LogP contribution in [-0.4, -0.2) is 17.1 Å². The van der Waals surface area contributed by atoms with Gasteiger partial charge in [-0.2, -0.15) is 0 Å². The molecule has 2 aromatic rings. The maximum absolute atomic E-state index is 10.6. The molecule has 0 radical (unpaired) electrons. The van der Waals surface area contributed by atoms with Crippen molar-refractivity contribution in [1.29, 1.82) is 0 Å². The summed E-state index contributed by atoms with van der Waals surface area (Å²) in [5.41, 5.74) is 6.67. The van der Waals surface area contributed by atoms with E-state index in [9.17, 15) is 4.79 Å². The molecular formula is C12H13NO2S. The lowest BCUT2D eigenvalue weighted by molar-refractivity contribution is -0.138. The average Bonchev–Trinajstić information content (AvgIpc) is 2.69. The third kappa shape index (κ3) is 2.23. The number of hydrogen-bond donors (Lipinski definition) is 2. The SMILES string of the molecule is NC(CCc1csc2ccccc12)C(=O)O. The van der Waals surface area contributed by atoms with Crippen molar-refractivity contribution in [2.24, 2.45) is 5.73 Å². The summed E-state index contributed by atoms with van der Waals surface area (Å²) in [7, 11) is 0. The second-order valence-electron chi connectivity index (χ2n) is 3.74. The standard InChI is InChI=1S/C12H13NO2S/c13-10(12(14)15)6-5-8-7-16-11-4-2-1-3-9(8)11/h1-4,7,10H,5-6,13H2,(H,14,15). The van der Waals surface area contributed by atoms with Crippen LogP contribution < -0.4 is 5.73 Å². The Kier molecular flexibility index (Phi) is 3.22. The lowest BCUT2D eigenvalue weighted by Gasteiger charge is -2.04. The zero-order chi connectivity index (χ0) is 11.5. The molecule has 0 amide bonds. The van der Waals surface area contributed by atoms with Crippen LogP contribution in [0.1, 0.15) is 12.0 Å². The summed E-state index contributed by atoms with van der Waals surface area (Å²) in [6, 6.07) is 7.37. The highest BCUT2D eigenvalue weighted by atomic mass is 32.1. The maximum Gasteiger partial charge on any atom is 0.320 e. The van der Waals surface area contributed by atoms with E-state index in [4.69, 9.17) is 10.8 Å². The predicted molar refractivity (Wildman–Crippen MR) is 65.8 cm³/mol. The number of rotatable bonds is 4. The van der Waals surface area contributed by atoms with Crippen LogP contribution in [0.3, 0.4) is 0 Å². The number of aryl methyl sites for hydroxylation is 1. The fourth-order valence-corrected chi connectivity index (χ4v) is 2.66. The predicted octanol–water partition coefficient (Wildman–Crippen LogP) is 2.25. The summed E-state index contributed by atoms with van der Waals surface area (Å²) in [6.07, 6.45) is 1.20. The van der Waals surface area contributed by atoms with Crippen LogP contribution in [0.25, 0.3) is 10.1 Å². The molecule has 3 N–H and O–H groups in total. The zero-order valence-electron chi connectivity index (χ0n) is 8.72. The van der Waals surface area contributed by atoms with Crippen LogP contribution >= 0.6 is 11.3 Å². The topological polar surface area (TPSA) is 63.3 Å². The van der Waals surface area contributed by atoms with Crippen LogP contribution in [0.4, 0.5) is 0 Å². The van der Waals surface area contributed by atoms with Crippen LogP contribution in [0.2, 0.25) is 0 Å². The number of aliphatic carboxylic acids is 1. The molecule has 1 heterocycles. The Morgan fingerprint density at radius 2 is 2.19 bits per heavy atom. The lowest BCUT2D eigenvalue weighted by Crippen LogP contribution is -2.30. The Balaban J connectivity index is 2.13. The molecule has 1 unspecified atom stereocenters. The second-order valence-corrected chi connectivity index (χ2v) is 4.65. The molecule has 16 heavy (non-hydrogen) atoms. The molecule has 0 aliphatic rings. The van der Waals surface area contributed by atoms with E-state index < -0.39 is 12.0 Å². The summed E-state index contributed by atoms with van der Waals surface area (Å²) in [6.45, 7) is 0. The van der Waals surface area contributed by atoms with Crippen molar-refractivity contribution in [3.63, 3.8) is 0 Å². The highest BCUT2D eigenvalue weighted by Gasteiger charge is 2.12. The molecule has 84 valence electrons. The van der Waals surface area contributed by atoms with Gasteiger partial charge in [-0.15, -0.1) is 11.3 Å². The van der Waals surface area contributed by atoms with Crippen LogP contribution in [0, 0.1) is 0 Å². The number of hydrogen-bond acceptors (Lipinski definition) is 3. The van der Waals surface area contributed by atoms with E-state index in [1.807, 2.05) is 12.1 Å². The Morgan fingerprint density at radius 1 is 1.44 bits per heavy atom. The van der Waals surface area contributed by atoms with Gasteiger partial charge < -0.3 is 10.8 Å². The van der Waals surface area contributed by atoms with Crippen molar-refractivity contribution in [3.8, 4) is 0 Å². The van der Waals surface area contributed by atoms with E-state index in [2.05, 4.69) is 17.5 Å². The maximum atomic E-state index is 10.6. The number of fused-ring (bicyclic) bond motifs is 1.